The van der Waals surface area contributed by atoms with Gasteiger partial charge in [0.05, 0.1) is 24.8 Å². The summed E-state index contributed by atoms with van der Waals surface area (Å²) in [6.45, 7) is 12.2. The van der Waals surface area contributed by atoms with Gasteiger partial charge in [-0.3, -0.25) is 0 Å². The van der Waals surface area contributed by atoms with Crippen LogP contribution in [-0.2, 0) is 4.74 Å². The van der Waals surface area contributed by atoms with E-state index in [9.17, 15) is 0 Å². The zero-order chi connectivity index (χ0) is 14.3. The van der Waals surface area contributed by atoms with Crippen LogP contribution in [0.2, 0.25) is 0 Å². The van der Waals surface area contributed by atoms with Crippen LogP contribution < -0.4 is 10.1 Å². The highest BCUT2D eigenvalue weighted by Gasteiger charge is 2.16. The molecule has 1 N–H and O–H groups in total. The zero-order valence-corrected chi connectivity index (χ0v) is 12.6. The van der Waals surface area contributed by atoms with Crippen molar-refractivity contribution >= 4 is 5.82 Å². The van der Waals surface area contributed by atoms with Gasteiger partial charge in [-0.15, -0.1) is 0 Å². The molecule has 1 aromatic heterocycles. The molecule has 0 aliphatic rings. The third-order valence-corrected chi connectivity index (χ3v) is 2.95. The third kappa shape index (κ3) is 4.67. The summed E-state index contributed by atoms with van der Waals surface area (Å²) in [6.07, 6.45) is 1.53. The summed E-state index contributed by atoms with van der Waals surface area (Å²) < 4.78 is 11.0. The fourth-order valence-electron chi connectivity index (χ4n) is 1.68. The summed E-state index contributed by atoms with van der Waals surface area (Å²) in [7, 11) is 0. The molecule has 0 spiro atoms. The van der Waals surface area contributed by atoms with E-state index in [1.165, 1.54) is 6.33 Å². The summed E-state index contributed by atoms with van der Waals surface area (Å²) in [4.78, 5) is 8.43. The molecule has 5 nitrogen and oxygen atoms in total. The quantitative estimate of drug-likeness (QED) is 0.784. The predicted octanol–water partition coefficient (Wildman–Crippen LogP) is 2.66. The van der Waals surface area contributed by atoms with Gasteiger partial charge in [-0.25, -0.2) is 9.97 Å². The van der Waals surface area contributed by atoms with Gasteiger partial charge in [0.2, 0.25) is 5.88 Å². The first-order valence-electron chi connectivity index (χ1n) is 6.88. The van der Waals surface area contributed by atoms with Crippen molar-refractivity contribution in [2.24, 2.45) is 5.92 Å². The Bertz CT molecular complexity index is 383. The summed E-state index contributed by atoms with van der Waals surface area (Å²) in [5.41, 5.74) is 0.937. The molecule has 0 aliphatic carbocycles. The molecule has 1 heterocycles. The normalized spacial score (nSPS) is 12.5. The maximum atomic E-state index is 5.51. The minimum absolute atomic E-state index is 0.225. The zero-order valence-electron chi connectivity index (χ0n) is 12.6. The van der Waals surface area contributed by atoms with Crippen LogP contribution in [0.15, 0.2) is 6.33 Å². The van der Waals surface area contributed by atoms with Crippen molar-refractivity contribution in [3.05, 3.63) is 11.9 Å². The Labute approximate surface area is 115 Å². The number of nitrogens with zero attached hydrogens (tertiary/aromatic N) is 2. The average molecular weight is 267 g/mol. The fraction of sp³-hybridized carbons (Fsp3) is 0.714. The molecule has 1 atom stereocenters. The summed E-state index contributed by atoms with van der Waals surface area (Å²) in [6, 6.07) is 0.225. The van der Waals surface area contributed by atoms with Crippen LogP contribution in [0.1, 0.15) is 33.3 Å². The largest absolute Gasteiger partial charge is 0.478 e. The minimum Gasteiger partial charge on any atom is -0.478 e. The van der Waals surface area contributed by atoms with E-state index in [4.69, 9.17) is 9.47 Å². The van der Waals surface area contributed by atoms with Crippen molar-refractivity contribution < 1.29 is 9.47 Å². The van der Waals surface area contributed by atoms with E-state index < -0.39 is 0 Å². The van der Waals surface area contributed by atoms with Crippen LogP contribution in [0, 0.1) is 12.8 Å². The molecule has 5 heteroatoms. The second-order valence-corrected chi connectivity index (χ2v) is 4.74. The lowest BCUT2D eigenvalue weighted by atomic mass is 10.1. The number of anilines is 1. The van der Waals surface area contributed by atoms with Crippen molar-refractivity contribution in [3.8, 4) is 5.88 Å². The Morgan fingerprint density at radius 1 is 1.21 bits per heavy atom. The van der Waals surface area contributed by atoms with Gasteiger partial charge in [0.25, 0.3) is 0 Å². The molecule has 108 valence electrons. The Kier molecular flexibility index (Phi) is 6.56. The van der Waals surface area contributed by atoms with Gasteiger partial charge in [0.1, 0.15) is 12.1 Å². The second kappa shape index (κ2) is 7.94. The van der Waals surface area contributed by atoms with Crippen LogP contribution in [0.5, 0.6) is 5.88 Å². The lowest BCUT2D eigenvalue weighted by molar-refractivity contribution is 0.126. The molecule has 1 aromatic rings. The number of ether oxygens (including phenoxy) is 2. The molecule has 0 amide bonds. The van der Waals surface area contributed by atoms with E-state index in [0.29, 0.717) is 25.0 Å². The molecule has 0 saturated carbocycles. The Morgan fingerprint density at radius 2 is 1.95 bits per heavy atom. The van der Waals surface area contributed by atoms with E-state index in [2.05, 4.69) is 29.1 Å². The maximum Gasteiger partial charge on any atom is 0.221 e. The van der Waals surface area contributed by atoms with Crippen LogP contribution in [-0.4, -0.2) is 35.8 Å². The molecular weight excluding hydrogens is 242 g/mol. The van der Waals surface area contributed by atoms with Crippen molar-refractivity contribution in [2.75, 3.05) is 25.1 Å². The van der Waals surface area contributed by atoms with Crippen LogP contribution >= 0.6 is 0 Å². The smallest absolute Gasteiger partial charge is 0.221 e. The molecule has 0 fully saturated rings. The van der Waals surface area contributed by atoms with Crippen molar-refractivity contribution in [1.82, 2.24) is 9.97 Å². The van der Waals surface area contributed by atoms with Crippen molar-refractivity contribution in [1.29, 1.82) is 0 Å². The van der Waals surface area contributed by atoms with Crippen LogP contribution in [0.4, 0.5) is 5.82 Å². The lowest BCUT2D eigenvalue weighted by Crippen LogP contribution is -2.31. The average Bonchev–Trinajstić information content (AvgIpc) is 2.38. The van der Waals surface area contributed by atoms with E-state index >= 15 is 0 Å². The van der Waals surface area contributed by atoms with Crippen molar-refractivity contribution in [2.45, 2.75) is 40.7 Å². The Morgan fingerprint density at radius 3 is 2.53 bits per heavy atom. The highest BCUT2D eigenvalue weighted by molar-refractivity contribution is 5.48. The van der Waals surface area contributed by atoms with Crippen molar-refractivity contribution in [3.63, 3.8) is 0 Å². The second-order valence-electron chi connectivity index (χ2n) is 4.74. The van der Waals surface area contributed by atoms with Gasteiger partial charge >= 0.3 is 0 Å². The minimum atomic E-state index is 0.225. The van der Waals surface area contributed by atoms with E-state index in [-0.39, 0.29) is 6.04 Å². The van der Waals surface area contributed by atoms with Gasteiger partial charge in [-0.05, 0) is 26.7 Å². The van der Waals surface area contributed by atoms with E-state index in [1.807, 2.05) is 20.8 Å². The standard InChI is InChI=1S/C14H25N3O2/c1-6-18-8-12(10(3)4)17-13-11(5)14(19-7-2)16-9-15-13/h9-10,12H,6-8H2,1-5H3,(H,15,16,17). The van der Waals surface area contributed by atoms with Crippen LogP contribution in [0.25, 0.3) is 0 Å². The SMILES string of the molecule is CCOCC(Nc1ncnc(OCC)c1C)C(C)C. The van der Waals surface area contributed by atoms with Gasteiger partial charge < -0.3 is 14.8 Å². The fourth-order valence-corrected chi connectivity index (χ4v) is 1.68. The molecule has 0 saturated heterocycles. The molecule has 0 aliphatic heterocycles. The summed E-state index contributed by atoms with van der Waals surface area (Å²) in [5, 5.41) is 3.42. The van der Waals surface area contributed by atoms with Gasteiger partial charge in [-0.2, -0.15) is 0 Å². The molecular formula is C14H25N3O2. The molecule has 19 heavy (non-hydrogen) atoms. The lowest BCUT2D eigenvalue weighted by Gasteiger charge is -2.23. The Balaban J connectivity index is 2.81. The van der Waals surface area contributed by atoms with Crippen LogP contribution in [0.3, 0.4) is 0 Å². The molecule has 0 bridgehead atoms. The van der Waals surface area contributed by atoms with Gasteiger partial charge in [0, 0.05) is 6.61 Å². The molecule has 1 unspecified atom stereocenters. The van der Waals surface area contributed by atoms with E-state index in [1.54, 1.807) is 0 Å². The Hall–Kier alpha value is -1.36. The first-order chi connectivity index (χ1) is 9.10. The van der Waals surface area contributed by atoms with Gasteiger partial charge in [-0.1, -0.05) is 13.8 Å². The highest BCUT2D eigenvalue weighted by Crippen LogP contribution is 2.22. The monoisotopic (exact) mass is 267 g/mol. The number of rotatable bonds is 8. The number of nitrogens with one attached hydrogen (secondary N) is 1. The first kappa shape index (κ1) is 15.7. The molecule has 0 aromatic carbocycles. The molecule has 1 rings (SSSR count). The van der Waals surface area contributed by atoms with E-state index in [0.717, 1.165) is 18.0 Å². The number of hydrogen-bond donors (Lipinski definition) is 1. The van der Waals surface area contributed by atoms with Gasteiger partial charge in [0.15, 0.2) is 0 Å². The highest BCUT2D eigenvalue weighted by atomic mass is 16.5. The maximum absolute atomic E-state index is 5.51. The third-order valence-electron chi connectivity index (χ3n) is 2.95. The predicted molar refractivity (Wildman–Crippen MR) is 76.7 cm³/mol. The number of aromatic nitrogens is 2. The number of hydrogen-bond acceptors (Lipinski definition) is 5. The summed E-state index contributed by atoms with van der Waals surface area (Å²) in [5.74, 6) is 1.91. The summed E-state index contributed by atoms with van der Waals surface area (Å²) >= 11 is 0. The molecule has 0 radical (unpaired) electrons. The first-order valence-corrected chi connectivity index (χ1v) is 6.88. The topological polar surface area (TPSA) is 56.3 Å².